The van der Waals surface area contributed by atoms with Gasteiger partial charge in [0, 0.05) is 18.3 Å². The quantitative estimate of drug-likeness (QED) is 0.806. The molecule has 0 aliphatic rings. The van der Waals surface area contributed by atoms with Crippen molar-refractivity contribution < 1.29 is 4.79 Å². The van der Waals surface area contributed by atoms with Crippen molar-refractivity contribution in [3.05, 3.63) is 29.8 Å². The zero-order valence-electron chi connectivity index (χ0n) is 10.2. The van der Waals surface area contributed by atoms with Gasteiger partial charge >= 0.3 is 0 Å². The van der Waals surface area contributed by atoms with Gasteiger partial charge in [-0.3, -0.25) is 4.79 Å². The first kappa shape index (κ1) is 13.0. The lowest BCUT2D eigenvalue weighted by Crippen LogP contribution is -2.37. The summed E-state index contributed by atoms with van der Waals surface area (Å²) in [4.78, 5) is 13.9. The molecule has 0 bridgehead atoms. The number of nitrogen functional groups attached to an aromatic ring is 1. The Balaban J connectivity index is 2.93. The Kier molecular flexibility index (Phi) is 4.53. The molecule has 0 radical (unpaired) electrons. The van der Waals surface area contributed by atoms with Crippen molar-refractivity contribution in [2.45, 2.75) is 26.3 Å². The number of nitrogens with two attached hydrogens (primary N) is 1. The van der Waals surface area contributed by atoms with E-state index in [2.05, 4.69) is 0 Å². The lowest BCUT2D eigenvalue weighted by molar-refractivity contribution is 0.0711. The van der Waals surface area contributed by atoms with E-state index in [1.807, 2.05) is 19.9 Å². The van der Waals surface area contributed by atoms with Crippen LogP contribution in [0.2, 0.25) is 0 Å². The fourth-order valence-corrected chi connectivity index (χ4v) is 1.61. The highest BCUT2D eigenvalue weighted by molar-refractivity contribution is 5.99. The van der Waals surface area contributed by atoms with Crippen LogP contribution in [0.1, 0.15) is 30.6 Å². The van der Waals surface area contributed by atoms with Crippen LogP contribution in [0.15, 0.2) is 24.3 Å². The van der Waals surface area contributed by atoms with E-state index in [-0.39, 0.29) is 11.9 Å². The number of nitriles is 1. The number of nitrogens with zero attached hydrogens (tertiary/aromatic N) is 2. The largest absolute Gasteiger partial charge is 0.398 e. The highest BCUT2D eigenvalue weighted by atomic mass is 16.2. The zero-order valence-corrected chi connectivity index (χ0v) is 10.2. The van der Waals surface area contributed by atoms with Crippen molar-refractivity contribution in [3.63, 3.8) is 0 Å². The molecule has 17 heavy (non-hydrogen) atoms. The van der Waals surface area contributed by atoms with E-state index in [1.165, 1.54) is 0 Å². The zero-order chi connectivity index (χ0) is 12.8. The van der Waals surface area contributed by atoms with Crippen LogP contribution in [0, 0.1) is 11.3 Å². The topological polar surface area (TPSA) is 70.1 Å². The Morgan fingerprint density at radius 1 is 1.47 bits per heavy atom. The van der Waals surface area contributed by atoms with Crippen LogP contribution in [0.25, 0.3) is 0 Å². The molecule has 0 aliphatic heterocycles. The average molecular weight is 231 g/mol. The third-order valence-corrected chi connectivity index (χ3v) is 2.54. The van der Waals surface area contributed by atoms with Gasteiger partial charge in [-0.15, -0.1) is 0 Å². The monoisotopic (exact) mass is 231 g/mol. The molecule has 0 spiro atoms. The third-order valence-electron chi connectivity index (χ3n) is 2.54. The van der Waals surface area contributed by atoms with E-state index in [0.29, 0.717) is 24.2 Å². The molecule has 0 unspecified atom stereocenters. The van der Waals surface area contributed by atoms with Gasteiger partial charge in [-0.25, -0.2) is 0 Å². The summed E-state index contributed by atoms with van der Waals surface area (Å²) in [5.74, 6) is -0.117. The predicted octanol–water partition coefficient (Wildman–Crippen LogP) is 2.03. The normalized spacial score (nSPS) is 10.0. The first-order chi connectivity index (χ1) is 8.07. The van der Waals surface area contributed by atoms with E-state index in [9.17, 15) is 4.79 Å². The smallest absolute Gasteiger partial charge is 0.256 e. The van der Waals surface area contributed by atoms with Crippen LogP contribution < -0.4 is 5.73 Å². The number of anilines is 1. The van der Waals surface area contributed by atoms with Crippen molar-refractivity contribution in [2.75, 3.05) is 12.3 Å². The van der Waals surface area contributed by atoms with Crippen molar-refractivity contribution in [3.8, 4) is 6.07 Å². The molecule has 4 nitrogen and oxygen atoms in total. The number of para-hydroxylation sites is 1. The Morgan fingerprint density at radius 3 is 2.65 bits per heavy atom. The molecule has 0 aromatic heterocycles. The number of hydrogen-bond acceptors (Lipinski definition) is 3. The standard InChI is InChI=1S/C13H17N3O/c1-10(2)16(9-5-8-14)13(17)11-6-3-4-7-12(11)15/h3-4,6-7,10H,5,9,15H2,1-2H3. The van der Waals surface area contributed by atoms with Crippen LogP contribution >= 0.6 is 0 Å². The molecular weight excluding hydrogens is 214 g/mol. The van der Waals surface area contributed by atoms with Crippen molar-refractivity contribution >= 4 is 11.6 Å². The summed E-state index contributed by atoms with van der Waals surface area (Å²) >= 11 is 0. The third kappa shape index (κ3) is 3.22. The first-order valence-electron chi connectivity index (χ1n) is 5.60. The van der Waals surface area contributed by atoms with Gasteiger partial charge in [-0.2, -0.15) is 5.26 Å². The highest BCUT2D eigenvalue weighted by Crippen LogP contribution is 2.15. The first-order valence-corrected chi connectivity index (χ1v) is 5.60. The molecule has 0 saturated carbocycles. The van der Waals surface area contributed by atoms with Crippen LogP contribution in [0.5, 0.6) is 0 Å². The van der Waals surface area contributed by atoms with Gasteiger partial charge in [0.2, 0.25) is 0 Å². The molecular formula is C13H17N3O. The van der Waals surface area contributed by atoms with Crippen LogP contribution in [-0.4, -0.2) is 23.4 Å². The molecule has 1 aromatic rings. The molecule has 0 atom stereocenters. The number of carbonyl (C=O) groups excluding carboxylic acids is 1. The fourth-order valence-electron chi connectivity index (χ4n) is 1.61. The summed E-state index contributed by atoms with van der Waals surface area (Å²) in [5.41, 5.74) is 6.75. The van der Waals surface area contributed by atoms with Gasteiger partial charge < -0.3 is 10.6 Å². The SMILES string of the molecule is CC(C)N(CCC#N)C(=O)c1ccccc1N. The van der Waals surface area contributed by atoms with E-state index >= 15 is 0 Å². The summed E-state index contributed by atoms with van der Waals surface area (Å²) in [7, 11) is 0. The molecule has 2 N–H and O–H groups in total. The summed E-state index contributed by atoms with van der Waals surface area (Å²) in [6.45, 7) is 4.28. The molecule has 0 saturated heterocycles. The van der Waals surface area contributed by atoms with Gasteiger partial charge in [-0.05, 0) is 26.0 Å². The maximum atomic E-state index is 12.2. The Hall–Kier alpha value is -2.02. The maximum Gasteiger partial charge on any atom is 0.256 e. The van der Waals surface area contributed by atoms with E-state index in [0.717, 1.165) is 0 Å². The molecule has 1 amide bonds. The molecule has 1 rings (SSSR count). The highest BCUT2D eigenvalue weighted by Gasteiger charge is 2.19. The Bertz CT molecular complexity index is 435. The molecule has 4 heteroatoms. The molecule has 0 aliphatic carbocycles. The van der Waals surface area contributed by atoms with Gasteiger partial charge in [0.25, 0.3) is 5.91 Å². The number of rotatable bonds is 4. The lowest BCUT2D eigenvalue weighted by atomic mass is 10.1. The van der Waals surface area contributed by atoms with Gasteiger partial charge in [-0.1, -0.05) is 12.1 Å². The van der Waals surface area contributed by atoms with Gasteiger partial charge in [0.05, 0.1) is 18.1 Å². The van der Waals surface area contributed by atoms with Crippen molar-refractivity contribution in [2.24, 2.45) is 0 Å². The Morgan fingerprint density at radius 2 is 2.12 bits per heavy atom. The molecule has 1 aromatic carbocycles. The summed E-state index contributed by atoms with van der Waals surface area (Å²) < 4.78 is 0. The lowest BCUT2D eigenvalue weighted by Gasteiger charge is -2.26. The maximum absolute atomic E-state index is 12.2. The van der Waals surface area contributed by atoms with E-state index in [4.69, 9.17) is 11.0 Å². The summed E-state index contributed by atoms with van der Waals surface area (Å²) in [6, 6.07) is 9.09. The van der Waals surface area contributed by atoms with Crippen molar-refractivity contribution in [1.29, 1.82) is 5.26 Å². The Labute approximate surface area is 102 Å². The second-order valence-electron chi connectivity index (χ2n) is 4.09. The molecule has 90 valence electrons. The number of carbonyl (C=O) groups is 1. The molecule has 0 fully saturated rings. The fraction of sp³-hybridized carbons (Fsp3) is 0.385. The second-order valence-corrected chi connectivity index (χ2v) is 4.09. The minimum Gasteiger partial charge on any atom is -0.398 e. The number of hydrogen-bond donors (Lipinski definition) is 1. The summed E-state index contributed by atoms with van der Waals surface area (Å²) in [5, 5.41) is 8.59. The number of amides is 1. The van der Waals surface area contributed by atoms with Crippen LogP contribution in [0.4, 0.5) is 5.69 Å². The van der Waals surface area contributed by atoms with Crippen molar-refractivity contribution in [1.82, 2.24) is 4.90 Å². The van der Waals surface area contributed by atoms with Crippen LogP contribution in [-0.2, 0) is 0 Å². The minimum atomic E-state index is -0.117. The second kappa shape index (κ2) is 5.90. The summed E-state index contributed by atoms with van der Waals surface area (Å²) in [6.07, 6.45) is 0.330. The van der Waals surface area contributed by atoms with E-state index in [1.54, 1.807) is 29.2 Å². The minimum absolute atomic E-state index is 0.0513. The van der Waals surface area contributed by atoms with Gasteiger partial charge in [0.1, 0.15) is 0 Å². The predicted molar refractivity (Wildman–Crippen MR) is 67.3 cm³/mol. The molecule has 0 heterocycles. The average Bonchev–Trinajstić information content (AvgIpc) is 2.29. The van der Waals surface area contributed by atoms with Crippen LogP contribution in [0.3, 0.4) is 0 Å². The van der Waals surface area contributed by atoms with E-state index < -0.39 is 0 Å². The number of benzene rings is 1. The van der Waals surface area contributed by atoms with Gasteiger partial charge in [0.15, 0.2) is 0 Å².